The Balaban J connectivity index is 1.87. The van der Waals surface area contributed by atoms with Crippen LogP contribution in [0.4, 0.5) is 0 Å². The van der Waals surface area contributed by atoms with E-state index in [2.05, 4.69) is 31.1 Å². The van der Waals surface area contributed by atoms with E-state index in [-0.39, 0.29) is 5.60 Å². The Morgan fingerprint density at radius 1 is 1.39 bits per heavy atom. The minimum atomic E-state index is 0.101. The molecule has 1 N–H and O–H groups in total. The highest BCUT2D eigenvalue weighted by atomic mass is 32.2. The van der Waals surface area contributed by atoms with Crippen LogP contribution < -0.4 is 5.32 Å². The number of nitrogens with one attached hydrogen (secondary N) is 1. The summed E-state index contributed by atoms with van der Waals surface area (Å²) in [6.45, 7) is 8.58. The lowest BCUT2D eigenvalue weighted by molar-refractivity contribution is -0.0909. The van der Waals surface area contributed by atoms with Gasteiger partial charge in [-0.15, -0.1) is 0 Å². The highest BCUT2D eigenvalue weighted by Gasteiger charge is 2.35. The van der Waals surface area contributed by atoms with Crippen LogP contribution in [0, 0.1) is 0 Å². The number of rotatable bonds is 4. The van der Waals surface area contributed by atoms with Crippen molar-refractivity contribution >= 4 is 16.9 Å². The van der Waals surface area contributed by atoms with Crippen molar-refractivity contribution < 1.29 is 4.74 Å². The Morgan fingerprint density at radius 3 is 2.78 bits per heavy atom. The van der Waals surface area contributed by atoms with Gasteiger partial charge in [0.2, 0.25) is 0 Å². The number of ether oxygens (including phenoxy) is 1. The molecule has 2 heterocycles. The van der Waals surface area contributed by atoms with Gasteiger partial charge in [-0.2, -0.15) is 0 Å². The number of hydrogen-bond acceptors (Lipinski definition) is 4. The molecular formula is C14H26N2OS. The van der Waals surface area contributed by atoms with Crippen molar-refractivity contribution in [3.8, 4) is 0 Å². The summed E-state index contributed by atoms with van der Waals surface area (Å²) in [5, 5.41) is 5.49. The van der Waals surface area contributed by atoms with Gasteiger partial charge in [0, 0.05) is 17.9 Å². The van der Waals surface area contributed by atoms with E-state index in [1.165, 1.54) is 6.42 Å². The number of hydrogen-bond donors (Lipinski definition) is 1. The molecule has 0 aromatic rings. The van der Waals surface area contributed by atoms with E-state index >= 15 is 0 Å². The smallest absolute Gasteiger partial charge is 0.157 e. The highest BCUT2D eigenvalue weighted by Crippen LogP contribution is 2.32. The number of nitrogens with zero attached hydrogens (tertiary/aromatic N) is 1. The van der Waals surface area contributed by atoms with E-state index in [1.807, 2.05) is 11.8 Å². The van der Waals surface area contributed by atoms with Crippen molar-refractivity contribution in [3.05, 3.63) is 0 Å². The van der Waals surface area contributed by atoms with Gasteiger partial charge in [-0.05, 0) is 32.1 Å². The van der Waals surface area contributed by atoms with Crippen molar-refractivity contribution in [2.75, 3.05) is 13.2 Å². The second-order valence-corrected chi connectivity index (χ2v) is 6.66. The first-order chi connectivity index (χ1) is 8.71. The van der Waals surface area contributed by atoms with Gasteiger partial charge in [-0.25, -0.2) is 0 Å². The molecule has 2 aliphatic rings. The summed E-state index contributed by atoms with van der Waals surface area (Å²) in [7, 11) is 0. The van der Waals surface area contributed by atoms with Gasteiger partial charge < -0.3 is 10.1 Å². The molecule has 18 heavy (non-hydrogen) atoms. The van der Waals surface area contributed by atoms with Gasteiger partial charge >= 0.3 is 0 Å². The molecule has 0 spiro atoms. The molecule has 104 valence electrons. The number of thioether (sulfide) groups is 1. The van der Waals surface area contributed by atoms with Crippen molar-refractivity contribution in [2.24, 2.45) is 4.99 Å². The first-order valence-electron chi connectivity index (χ1n) is 7.33. The Bertz CT molecular complexity index is 302. The fourth-order valence-electron chi connectivity index (χ4n) is 2.78. The van der Waals surface area contributed by atoms with Crippen molar-refractivity contribution in [3.63, 3.8) is 0 Å². The van der Waals surface area contributed by atoms with E-state index in [0.29, 0.717) is 11.3 Å². The molecule has 0 saturated carbocycles. The van der Waals surface area contributed by atoms with Crippen LogP contribution in [0.25, 0.3) is 0 Å². The van der Waals surface area contributed by atoms with E-state index in [4.69, 9.17) is 4.74 Å². The minimum absolute atomic E-state index is 0.101. The highest BCUT2D eigenvalue weighted by molar-refractivity contribution is 8.14. The first-order valence-corrected chi connectivity index (χ1v) is 8.21. The summed E-state index contributed by atoms with van der Waals surface area (Å²) >= 11 is 1.92. The molecule has 0 aromatic carbocycles. The SMILES string of the molecule is CCC1CN=C(NC2CCOC(CC)(CC)C2)S1. The molecule has 2 aliphatic heterocycles. The van der Waals surface area contributed by atoms with Gasteiger partial charge in [-0.3, -0.25) is 4.99 Å². The maximum atomic E-state index is 6.01. The standard InChI is InChI=1S/C14H26N2OS/c1-4-12-10-15-13(18-12)16-11-7-8-17-14(5-2,6-3)9-11/h11-12H,4-10H2,1-3H3,(H,15,16). The van der Waals surface area contributed by atoms with Crippen LogP contribution in [0.3, 0.4) is 0 Å². The summed E-state index contributed by atoms with van der Waals surface area (Å²) in [5.41, 5.74) is 0.101. The zero-order valence-electron chi connectivity index (χ0n) is 11.9. The van der Waals surface area contributed by atoms with Gasteiger partial charge in [0.15, 0.2) is 5.17 Å². The van der Waals surface area contributed by atoms with Gasteiger partial charge in [0.05, 0.1) is 12.1 Å². The van der Waals surface area contributed by atoms with E-state index in [1.54, 1.807) is 0 Å². The molecule has 1 fully saturated rings. The second kappa shape index (κ2) is 6.29. The van der Waals surface area contributed by atoms with Gasteiger partial charge in [0.25, 0.3) is 0 Å². The van der Waals surface area contributed by atoms with Gasteiger partial charge in [-0.1, -0.05) is 32.5 Å². The molecular weight excluding hydrogens is 244 g/mol. The molecule has 1 saturated heterocycles. The zero-order chi connectivity index (χ0) is 13.0. The Morgan fingerprint density at radius 2 is 2.17 bits per heavy atom. The van der Waals surface area contributed by atoms with Crippen LogP contribution in [0.1, 0.15) is 52.9 Å². The molecule has 2 atom stereocenters. The molecule has 0 bridgehead atoms. The molecule has 0 radical (unpaired) electrons. The summed E-state index contributed by atoms with van der Waals surface area (Å²) in [6, 6.07) is 0.542. The van der Waals surface area contributed by atoms with Crippen LogP contribution >= 0.6 is 11.8 Å². The maximum Gasteiger partial charge on any atom is 0.157 e. The Hall–Kier alpha value is -0.220. The third-order valence-corrected chi connectivity index (χ3v) is 5.57. The van der Waals surface area contributed by atoms with Crippen LogP contribution in [0.15, 0.2) is 4.99 Å². The first kappa shape index (κ1) is 14.2. The molecule has 4 heteroatoms. The molecule has 2 rings (SSSR count). The van der Waals surface area contributed by atoms with Crippen LogP contribution in [0.5, 0.6) is 0 Å². The molecule has 2 unspecified atom stereocenters. The normalized spacial score (nSPS) is 31.2. The molecule has 0 aliphatic carbocycles. The summed E-state index contributed by atoms with van der Waals surface area (Å²) in [4.78, 5) is 4.61. The minimum Gasteiger partial charge on any atom is -0.375 e. The summed E-state index contributed by atoms with van der Waals surface area (Å²) in [6.07, 6.45) is 5.66. The second-order valence-electron chi connectivity index (χ2n) is 5.37. The topological polar surface area (TPSA) is 33.6 Å². The van der Waals surface area contributed by atoms with Gasteiger partial charge in [0.1, 0.15) is 0 Å². The molecule has 3 nitrogen and oxygen atoms in total. The van der Waals surface area contributed by atoms with Crippen molar-refractivity contribution in [1.29, 1.82) is 0 Å². The van der Waals surface area contributed by atoms with Crippen LogP contribution in [0.2, 0.25) is 0 Å². The lowest BCUT2D eigenvalue weighted by atomic mass is 9.86. The van der Waals surface area contributed by atoms with E-state index < -0.39 is 0 Å². The summed E-state index contributed by atoms with van der Waals surface area (Å²) < 4.78 is 6.01. The average Bonchev–Trinajstić information content (AvgIpc) is 2.86. The third kappa shape index (κ3) is 3.21. The fraction of sp³-hybridized carbons (Fsp3) is 0.929. The third-order valence-electron chi connectivity index (χ3n) is 4.28. The van der Waals surface area contributed by atoms with Crippen molar-refractivity contribution in [2.45, 2.75) is 69.8 Å². The Labute approximate surface area is 115 Å². The summed E-state index contributed by atoms with van der Waals surface area (Å²) in [5.74, 6) is 0. The van der Waals surface area contributed by atoms with Crippen LogP contribution in [-0.4, -0.2) is 35.2 Å². The maximum absolute atomic E-state index is 6.01. The predicted octanol–water partition coefficient (Wildman–Crippen LogP) is 3.20. The lowest BCUT2D eigenvalue weighted by Crippen LogP contribution is -2.47. The van der Waals surface area contributed by atoms with E-state index in [9.17, 15) is 0 Å². The number of amidine groups is 1. The van der Waals surface area contributed by atoms with Crippen molar-refractivity contribution in [1.82, 2.24) is 5.32 Å². The zero-order valence-corrected chi connectivity index (χ0v) is 12.7. The molecule has 0 aromatic heterocycles. The predicted molar refractivity (Wildman–Crippen MR) is 79.4 cm³/mol. The largest absolute Gasteiger partial charge is 0.375 e. The number of aliphatic imine (C=N–C) groups is 1. The average molecular weight is 270 g/mol. The quantitative estimate of drug-likeness (QED) is 0.852. The Kier molecular flexibility index (Phi) is 4.96. The van der Waals surface area contributed by atoms with Crippen LogP contribution in [-0.2, 0) is 4.74 Å². The van der Waals surface area contributed by atoms with E-state index in [0.717, 1.165) is 44.0 Å². The monoisotopic (exact) mass is 270 g/mol. The fourth-order valence-corrected chi connectivity index (χ4v) is 3.79. The lowest BCUT2D eigenvalue weighted by Gasteiger charge is -2.40. The molecule has 0 amide bonds.